The minimum absolute atomic E-state index is 0.215. The van der Waals surface area contributed by atoms with Gasteiger partial charge in [-0.2, -0.15) is 0 Å². The number of hydrogen-bond donors (Lipinski definition) is 1. The Morgan fingerprint density at radius 1 is 1.31 bits per heavy atom. The smallest absolute Gasteiger partial charge is 0.0473 e. The number of rotatable bonds is 5. The van der Waals surface area contributed by atoms with Crippen LogP contribution in [0.4, 0.5) is 0 Å². The lowest BCUT2D eigenvalue weighted by molar-refractivity contribution is 0.0567. The lowest BCUT2D eigenvalue weighted by Crippen LogP contribution is -2.58. The zero-order valence-corrected chi connectivity index (χ0v) is 11.7. The van der Waals surface area contributed by atoms with Crippen molar-refractivity contribution in [2.45, 2.75) is 45.7 Å². The number of nitrogens with zero attached hydrogens (tertiary/aromatic N) is 2. The topological polar surface area (TPSA) is 32.5 Å². The first-order chi connectivity index (χ1) is 7.41. The van der Waals surface area contributed by atoms with Crippen LogP contribution in [0.3, 0.4) is 0 Å². The fourth-order valence-corrected chi connectivity index (χ4v) is 2.92. The lowest BCUT2D eigenvalue weighted by Gasteiger charge is -2.44. The predicted octanol–water partition coefficient (Wildman–Crippen LogP) is 1.39. The molecule has 1 aliphatic rings. The minimum atomic E-state index is 0.215. The highest BCUT2D eigenvalue weighted by Crippen LogP contribution is 2.29. The first-order valence-corrected chi connectivity index (χ1v) is 6.56. The van der Waals surface area contributed by atoms with Crippen molar-refractivity contribution in [3.05, 3.63) is 0 Å². The number of hydrogen-bond acceptors (Lipinski definition) is 3. The maximum absolute atomic E-state index is 6.08. The Bertz CT molecular complexity index is 215. The van der Waals surface area contributed by atoms with Crippen LogP contribution in [0.2, 0.25) is 0 Å². The van der Waals surface area contributed by atoms with Gasteiger partial charge in [0, 0.05) is 31.2 Å². The number of likely N-dealkylation sites (N-methyl/N-ethyl adjacent to an activating group) is 1. The van der Waals surface area contributed by atoms with E-state index in [2.05, 4.69) is 44.5 Å². The quantitative estimate of drug-likeness (QED) is 0.770. The molecule has 0 aliphatic carbocycles. The molecular weight excluding hydrogens is 198 g/mol. The molecule has 0 radical (unpaired) electrons. The van der Waals surface area contributed by atoms with Gasteiger partial charge in [0.25, 0.3) is 0 Å². The Hall–Kier alpha value is -0.120. The Labute approximate surface area is 101 Å². The van der Waals surface area contributed by atoms with Gasteiger partial charge < -0.3 is 10.6 Å². The molecule has 0 aromatic heterocycles. The molecule has 1 unspecified atom stereocenters. The fourth-order valence-electron chi connectivity index (χ4n) is 2.92. The van der Waals surface area contributed by atoms with Gasteiger partial charge in [-0.05, 0) is 39.8 Å². The molecule has 0 spiro atoms. The van der Waals surface area contributed by atoms with Crippen molar-refractivity contribution in [2.75, 3.05) is 33.2 Å². The van der Waals surface area contributed by atoms with Gasteiger partial charge >= 0.3 is 0 Å². The second-order valence-corrected chi connectivity index (χ2v) is 6.06. The molecule has 0 aromatic carbocycles. The summed E-state index contributed by atoms with van der Waals surface area (Å²) >= 11 is 0. The zero-order chi connectivity index (χ0) is 12.3. The summed E-state index contributed by atoms with van der Waals surface area (Å²) in [6.45, 7) is 13.4. The van der Waals surface area contributed by atoms with Gasteiger partial charge in [0.05, 0.1) is 0 Å². The van der Waals surface area contributed by atoms with E-state index in [9.17, 15) is 0 Å². The first kappa shape index (κ1) is 13.9. The van der Waals surface area contributed by atoms with Crippen LogP contribution in [0.15, 0.2) is 0 Å². The average Bonchev–Trinajstić information content (AvgIpc) is 2.57. The van der Waals surface area contributed by atoms with Crippen LogP contribution in [0.5, 0.6) is 0 Å². The molecule has 1 atom stereocenters. The van der Waals surface area contributed by atoms with Gasteiger partial charge in [0.1, 0.15) is 0 Å². The van der Waals surface area contributed by atoms with Gasteiger partial charge in [0.2, 0.25) is 0 Å². The second kappa shape index (κ2) is 5.48. The van der Waals surface area contributed by atoms with Gasteiger partial charge in [-0.25, -0.2) is 0 Å². The molecule has 16 heavy (non-hydrogen) atoms. The molecule has 3 heteroatoms. The summed E-state index contributed by atoms with van der Waals surface area (Å²) in [5.74, 6) is 0.705. The van der Waals surface area contributed by atoms with Crippen LogP contribution in [-0.4, -0.2) is 54.6 Å². The van der Waals surface area contributed by atoms with Crippen LogP contribution >= 0.6 is 0 Å². The highest BCUT2D eigenvalue weighted by molar-refractivity contribution is 5.00. The molecule has 1 heterocycles. The monoisotopic (exact) mass is 227 g/mol. The highest BCUT2D eigenvalue weighted by Gasteiger charge is 2.41. The van der Waals surface area contributed by atoms with E-state index >= 15 is 0 Å². The highest BCUT2D eigenvalue weighted by atomic mass is 15.3. The van der Waals surface area contributed by atoms with Crippen molar-refractivity contribution in [1.82, 2.24) is 9.80 Å². The zero-order valence-electron chi connectivity index (χ0n) is 11.7. The predicted molar refractivity (Wildman–Crippen MR) is 70.6 cm³/mol. The van der Waals surface area contributed by atoms with Crippen molar-refractivity contribution < 1.29 is 0 Å². The van der Waals surface area contributed by atoms with Crippen LogP contribution in [-0.2, 0) is 0 Å². The van der Waals surface area contributed by atoms with Crippen LogP contribution in [0, 0.1) is 5.92 Å². The van der Waals surface area contributed by atoms with Crippen molar-refractivity contribution >= 4 is 0 Å². The van der Waals surface area contributed by atoms with Crippen molar-refractivity contribution in [1.29, 1.82) is 0 Å². The van der Waals surface area contributed by atoms with Crippen LogP contribution < -0.4 is 5.73 Å². The Kier molecular flexibility index (Phi) is 4.77. The first-order valence-electron chi connectivity index (χ1n) is 6.56. The van der Waals surface area contributed by atoms with Crippen molar-refractivity contribution in [3.63, 3.8) is 0 Å². The summed E-state index contributed by atoms with van der Waals surface area (Å²) < 4.78 is 0. The Morgan fingerprint density at radius 2 is 1.94 bits per heavy atom. The number of nitrogens with two attached hydrogens (primary N) is 1. The van der Waals surface area contributed by atoms with E-state index in [-0.39, 0.29) is 5.54 Å². The SMILES string of the molecule is CC(C)CN(C(C)C)C1(CN)CCN(C)C1. The molecule has 2 N–H and O–H groups in total. The molecule has 0 saturated carbocycles. The van der Waals surface area contributed by atoms with Gasteiger partial charge in [-0.1, -0.05) is 13.8 Å². The summed E-state index contributed by atoms with van der Waals surface area (Å²) in [7, 11) is 2.20. The third kappa shape index (κ3) is 2.96. The summed E-state index contributed by atoms with van der Waals surface area (Å²) in [6.07, 6.45) is 1.21. The van der Waals surface area contributed by atoms with Crippen molar-refractivity contribution in [3.8, 4) is 0 Å². The molecule has 1 saturated heterocycles. The summed E-state index contributed by atoms with van der Waals surface area (Å²) in [6, 6.07) is 0.581. The fraction of sp³-hybridized carbons (Fsp3) is 1.00. The summed E-state index contributed by atoms with van der Waals surface area (Å²) in [5.41, 5.74) is 6.29. The van der Waals surface area contributed by atoms with Crippen LogP contribution in [0.25, 0.3) is 0 Å². The lowest BCUT2D eigenvalue weighted by atomic mass is 9.93. The van der Waals surface area contributed by atoms with E-state index in [4.69, 9.17) is 5.73 Å². The van der Waals surface area contributed by atoms with E-state index in [0.29, 0.717) is 12.0 Å². The molecule has 3 nitrogen and oxygen atoms in total. The average molecular weight is 227 g/mol. The maximum atomic E-state index is 6.08. The maximum Gasteiger partial charge on any atom is 0.0473 e. The van der Waals surface area contributed by atoms with Gasteiger partial charge in [0.15, 0.2) is 0 Å². The van der Waals surface area contributed by atoms with Crippen LogP contribution in [0.1, 0.15) is 34.1 Å². The third-order valence-corrected chi connectivity index (χ3v) is 3.70. The largest absolute Gasteiger partial charge is 0.329 e. The number of likely N-dealkylation sites (tertiary alicyclic amines) is 1. The van der Waals surface area contributed by atoms with E-state index in [1.165, 1.54) is 13.0 Å². The van der Waals surface area contributed by atoms with E-state index in [0.717, 1.165) is 19.6 Å². The molecule has 0 amide bonds. The standard InChI is InChI=1S/C13H29N3/c1-11(2)8-16(12(3)4)13(9-14)6-7-15(5)10-13/h11-12H,6-10,14H2,1-5H3. The molecule has 1 fully saturated rings. The van der Waals surface area contributed by atoms with E-state index < -0.39 is 0 Å². The minimum Gasteiger partial charge on any atom is -0.329 e. The molecule has 1 rings (SSSR count). The summed E-state index contributed by atoms with van der Waals surface area (Å²) in [5, 5.41) is 0. The molecule has 1 aliphatic heterocycles. The normalized spacial score (nSPS) is 27.6. The molecule has 96 valence electrons. The molecule has 0 bridgehead atoms. The van der Waals surface area contributed by atoms with E-state index in [1.54, 1.807) is 0 Å². The van der Waals surface area contributed by atoms with Crippen molar-refractivity contribution in [2.24, 2.45) is 11.7 Å². The Morgan fingerprint density at radius 3 is 2.25 bits per heavy atom. The van der Waals surface area contributed by atoms with Gasteiger partial charge in [-0.3, -0.25) is 4.90 Å². The second-order valence-electron chi connectivity index (χ2n) is 6.06. The summed E-state index contributed by atoms with van der Waals surface area (Å²) in [4.78, 5) is 5.03. The molecule has 0 aromatic rings. The molecular formula is C13H29N3. The van der Waals surface area contributed by atoms with Gasteiger partial charge in [-0.15, -0.1) is 0 Å². The van der Waals surface area contributed by atoms with E-state index in [1.807, 2.05) is 0 Å². The Balaban J connectivity index is 2.81. The third-order valence-electron chi connectivity index (χ3n) is 3.70.